The molecule has 0 spiro atoms. The van der Waals surface area contributed by atoms with Crippen LogP contribution < -0.4 is 15.1 Å². The molecule has 8 nitrogen and oxygen atoms in total. The van der Waals surface area contributed by atoms with E-state index in [2.05, 4.69) is 0 Å². The highest BCUT2D eigenvalue weighted by molar-refractivity contribution is 5.97. The molecular weight excluding hydrogens is 383 g/mol. The molecule has 2 aromatic rings. The van der Waals surface area contributed by atoms with Crippen LogP contribution in [0.4, 0.5) is 10.1 Å². The van der Waals surface area contributed by atoms with Gasteiger partial charge >= 0.3 is 5.97 Å². The highest BCUT2D eigenvalue weighted by Crippen LogP contribution is 2.44. The number of hydrogen-bond acceptors (Lipinski definition) is 6. The van der Waals surface area contributed by atoms with Crippen LogP contribution in [-0.2, 0) is 0 Å². The summed E-state index contributed by atoms with van der Waals surface area (Å²) in [5, 5.41) is 28.5. The molecule has 0 amide bonds. The molecular formula is C20H23FN2O6. The van der Waals surface area contributed by atoms with E-state index in [1.807, 2.05) is 0 Å². The first kappa shape index (κ1) is 19.7. The fraction of sp³-hybridized carbons (Fsp3) is 0.500. The smallest absolute Gasteiger partial charge is 0.341 e. The van der Waals surface area contributed by atoms with Gasteiger partial charge in [-0.2, -0.15) is 0 Å². The van der Waals surface area contributed by atoms with Gasteiger partial charge in [-0.25, -0.2) is 9.18 Å². The van der Waals surface area contributed by atoms with Crippen LogP contribution in [0.3, 0.4) is 0 Å². The van der Waals surface area contributed by atoms with Crippen molar-refractivity contribution in [3.63, 3.8) is 0 Å². The topological polar surface area (TPSA) is 112 Å². The quantitative estimate of drug-likeness (QED) is 0.664. The number of benzene rings is 1. The first-order valence-corrected chi connectivity index (χ1v) is 9.59. The average molecular weight is 406 g/mol. The van der Waals surface area contributed by atoms with E-state index in [0.717, 1.165) is 18.9 Å². The summed E-state index contributed by atoms with van der Waals surface area (Å²) in [7, 11) is 1.39. The monoisotopic (exact) mass is 406 g/mol. The number of hydrogen-bond donors (Lipinski definition) is 3. The van der Waals surface area contributed by atoms with Gasteiger partial charge in [0.05, 0.1) is 30.7 Å². The first-order valence-electron chi connectivity index (χ1n) is 9.59. The lowest BCUT2D eigenvalue weighted by molar-refractivity contribution is 0.0545. The lowest BCUT2D eigenvalue weighted by Gasteiger charge is -2.25. The molecule has 1 saturated carbocycles. The minimum Gasteiger partial charge on any atom is -0.492 e. The maximum absolute atomic E-state index is 15.2. The SMILES string of the molecule is COc1c(N2CCC([C@@H](O)CO)C2)c(F)cc2c(=O)c(C(=O)O)cn(C3CC3)c12. The van der Waals surface area contributed by atoms with Gasteiger partial charge in [-0.1, -0.05) is 0 Å². The normalized spacial score (nSPS) is 20.3. The van der Waals surface area contributed by atoms with Gasteiger partial charge in [0.2, 0.25) is 5.43 Å². The second kappa shape index (κ2) is 7.31. The Morgan fingerprint density at radius 3 is 2.69 bits per heavy atom. The summed E-state index contributed by atoms with van der Waals surface area (Å²) >= 11 is 0. The van der Waals surface area contributed by atoms with Crippen molar-refractivity contribution in [3.8, 4) is 5.75 Å². The molecule has 2 atom stereocenters. The van der Waals surface area contributed by atoms with Gasteiger partial charge in [-0.05, 0) is 25.3 Å². The molecule has 1 unspecified atom stereocenters. The molecule has 1 aliphatic heterocycles. The van der Waals surface area contributed by atoms with Crippen molar-refractivity contribution in [1.82, 2.24) is 4.57 Å². The van der Waals surface area contributed by atoms with Crippen LogP contribution in [-0.4, -0.2) is 58.8 Å². The number of aliphatic hydroxyl groups is 2. The molecule has 2 aliphatic rings. The number of carboxylic acid groups (broad SMARTS) is 1. The number of aromatic carboxylic acids is 1. The second-order valence-corrected chi connectivity index (χ2v) is 7.70. The molecule has 9 heteroatoms. The standard InChI is InChI=1S/C20H23FN2O6/c1-29-19-16-12(18(26)13(20(27)28)8-23(16)11-2-3-11)6-14(21)17(19)22-5-4-10(7-22)15(25)9-24/h6,8,10-11,15,24-25H,2-5,7,9H2,1H3,(H,27,28)/t10?,15-/m0/s1. The maximum Gasteiger partial charge on any atom is 0.341 e. The maximum atomic E-state index is 15.2. The zero-order valence-corrected chi connectivity index (χ0v) is 16.0. The van der Waals surface area contributed by atoms with E-state index in [1.165, 1.54) is 13.3 Å². The van der Waals surface area contributed by atoms with Gasteiger partial charge in [0.15, 0.2) is 11.6 Å². The molecule has 2 heterocycles. The van der Waals surface area contributed by atoms with E-state index in [1.54, 1.807) is 9.47 Å². The van der Waals surface area contributed by atoms with Crippen LogP contribution in [0, 0.1) is 11.7 Å². The number of anilines is 1. The van der Waals surface area contributed by atoms with Gasteiger partial charge < -0.3 is 29.5 Å². The van der Waals surface area contributed by atoms with Crippen LogP contribution >= 0.6 is 0 Å². The van der Waals surface area contributed by atoms with E-state index < -0.39 is 28.9 Å². The Balaban J connectivity index is 1.93. The first-order chi connectivity index (χ1) is 13.9. The number of fused-ring (bicyclic) bond motifs is 1. The van der Waals surface area contributed by atoms with Crippen molar-refractivity contribution in [2.24, 2.45) is 5.92 Å². The van der Waals surface area contributed by atoms with Gasteiger partial charge in [-0.15, -0.1) is 0 Å². The average Bonchev–Trinajstić information content (AvgIpc) is 3.43. The summed E-state index contributed by atoms with van der Waals surface area (Å²) in [6.07, 6.45) is 2.67. The molecule has 0 radical (unpaired) electrons. The van der Waals surface area contributed by atoms with Crippen LogP contribution in [0.1, 0.15) is 35.7 Å². The minimum atomic E-state index is -1.35. The Morgan fingerprint density at radius 1 is 1.38 bits per heavy atom. The Bertz CT molecular complexity index is 1030. The van der Waals surface area contributed by atoms with Crippen molar-refractivity contribution in [2.45, 2.75) is 31.4 Å². The highest BCUT2D eigenvalue weighted by Gasteiger charge is 2.34. The molecule has 4 rings (SSSR count). The number of aromatic nitrogens is 1. The fourth-order valence-corrected chi connectivity index (χ4v) is 4.18. The Morgan fingerprint density at radius 2 is 2.10 bits per heavy atom. The molecule has 2 fully saturated rings. The van der Waals surface area contributed by atoms with E-state index in [-0.39, 0.29) is 35.4 Å². The van der Waals surface area contributed by atoms with Crippen LogP contribution in [0.25, 0.3) is 10.9 Å². The van der Waals surface area contributed by atoms with Crippen molar-refractivity contribution in [3.05, 3.63) is 33.9 Å². The Hall–Kier alpha value is -2.65. The van der Waals surface area contributed by atoms with E-state index in [0.29, 0.717) is 25.0 Å². The number of rotatable bonds is 6. The molecule has 1 aliphatic carbocycles. The third kappa shape index (κ3) is 3.24. The highest BCUT2D eigenvalue weighted by atomic mass is 19.1. The molecule has 0 bridgehead atoms. The minimum absolute atomic E-state index is 0.0268. The zero-order valence-electron chi connectivity index (χ0n) is 16.0. The largest absolute Gasteiger partial charge is 0.492 e. The molecule has 29 heavy (non-hydrogen) atoms. The van der Waals surface area contributed by atoms with E-state index in [9.17, 15) is 24.9 Å². The van der Waals surface area contributed by atoms with Gasteiger partial charge in [0.1, 0.15) is 11.3 Å². The number of pyridine rings is 1. The number of methoxy groups -OCH3 is 1. The van der Waals surface area contributed by atoms with Gasteiger partial charge in [-0.3, -0.25) is 4.79 Å². The molecule has 156 valence electrons. The fourth-order valence-electron chi connectivity index (χ4n) is 4.18. The molecule has 1 aromatic carbocycles. The van der Waals surface area contributed by atoms with Crippen molar-refractivity contribution >= 4 is 22.6 Å². The lowest BCUT2D eigenvalue weighted by Crippen LogP contribution is -2.29. The predicted molar refractivity (Wildman–Crippen MR) is 103 cm³/mol. The summed E-state index contributed by atoms with van der Waals surface area (Å²) in [5.41, 5.74) is -0.578. The van der Waals surface area contributed by atoms with Crippen molar-refractivity contribution in [2.75, 3.05) is 31.7 Å². The third-order valence-electron chi connectivity index (χ3n) is 5.85. The number of aliphatic hydroxyl groups excluding tert-OH is 2. The second-order valence-electron chi connectivity index (χ2n) is 7.70. The van der Waals surface area contributed by atoms with Gasteiger partial charge in [0, 0.05) is 31.2 Å². The van der Waals surface area contributed by atoms with E-state index in [4.69, 9.17) is 4.74 Å². The molecule has 1 aromatic heterocycles. The number of halogens is 1. The summed E-state index contributed by atoms with van der Waals surface area (Å²) in [5.74, 6) is -2.06. The lowest BCUT2D eigenvalue weighted by atomic mass is 10.0. The Kier molecular flexibility index (Phi) is 4.95. The zero-order chi connectivity index (χ0) is 20.9. The van der Waals surface area contributed by atoms with Crippen LogP contribution in [0.5, 0.6) is 5.75 Å². The van der Waals surface area contributed by atoms with E-state index >= 15 is 4.39 Å². The number of nitrogens with zero attached hydrogens (tertiary/aromatic N) is 2. The summed E-state index contributed by atoms with van der Waals surface area (Å²) in [4.78, 5) is 26.0. The van der Waals surface area contributed by atoms with Crippen molar-refractivity contribution < 1.29 is 29.2 Å². The van der Waals surface area contributed by atoms with Crippen LogP contribution in [0.15, 0.2) is 17.1 Å². The van der Waals surface area contributed by atoms with Crippen LogP contribution in [0.2, 0.25) is 0 Å². The predicted octanol–water partition coefficient (Wildman–Crippen LogP) is 1.36. The van der Waals surface area contributed by atoms with Gasteiger partial charge in [0.25, 0.3) is 0 Å². The number of carbonyl (C=O) groups is 1. The molecule has 3 N–H and O–H groups in total. The molecule has 1 saturated heterocycles. The van der Waals surface area contributed by atoms with Crippen molar-refractivity contribution in [1.29, 1.82) is 0 Å². The number of ether oxygens (including phenoxy) is 1. The summed E-state index contributed by atoms with van der Waals surface area (Å²) in [6.45, 7) is 0.428. The summed E-state index contributed by atoms with van der Waals surface area (Å²) in [6, 6.07) is 1.11. The Labute approximate surface area is 165 Å². The third-order valence-corrected chi connectivity index (χ3v) is 5.85. The number of carboxylic acids is 1. The summed E-state index contributed by atoms with van der Waals surface area (Å²) < 4.78 is 22.4.